The van der Waals surface area contributed by atoms with E-state index in [0.29, 0.717) is 41.5 Å². The van der Waals surface area contributed by atoms with Gasteiger partial charge in [0, 0.05) is 31.3 Å². The molecule has 0 saturated carbocycles. The summed E-state index contributed by atoms with van der Waals surface area (Å²) in [5.41, 5.74) is 1.99. The van der Waals surface area contributed by atoms with Crippen molar-refractivity contribution in [1.82, 2.24) is 30.0 Å². The van der Waals surface area contributed by atoms with Crippen LogP contribution in [0.1, 0.15) is 45.8 Å². The summed E-state index contributed by atoms with van der Waals surface area (Å²) in [6, 6.07) is 2.58. The minimum absolute atomic E-state index is 0.0273. The van der Waals surface area contributed by atoms with Gasteiger partial charge >= 0.3 is 6.03 Å². The number of nitrogens with one attached hydrogen (secondary N) is 3. The van der Waals surface area contributed by atoms with Gasteiger partial charge in [-0.2, -0.15) is 5.10 Å². The Kier molecular flexibility index (Phi) is 7.86. The molecule has 0 radical (unpaired) electrons. The van der Waals surface area contributed by atoms with Crippen molar-refractivity contribution in [2.45, 2.75) is 51.8 Å². The van der Waals surface area contributed by atoms with Gasteiger partial charge in [0.15, 0.2) is 23.1 Å². The number of aromatic amines is 1. The molecule has 3 heterocycles. The second-order valence-corrected chi connectivity index (χ2v) is 9.34. The smallest absolute Gasteiger partial charge is 0.319 e. The van der Waals surface area contributed by atoms with Crippen LogP contribution < -0.4 is 15.4 Å². The van der Waals surface area contributed by atoms with Crippen molar-refractivity contribution in [3.8, 4) is 17.3 Å². The highest BCUT2D eigenvalue weighted by atomic mass is 19.1. The Hall–Kier alpha value is -3.18. The number of imidazole rings is 1. The van der Waals surface area contributed by atoms with Crippen LogP contribution in [0.3, 0.4) is 0 Å². The largest absolute Gasteiger partial charge is 0.490 e. The van der Waals surface area contributed by atoms with Crippen molar-refractivity contribution in [1.29, 1.82) is 0 Å². The lowest BCUT2D eigenvalue weighted by molar-refractivity contribution is -0.0393. The van der Waals surface area contributed by atoms with Crippen LogP contribution in [0.25, 0.3) is 22.6 Å². The molecule has 0 aliphatic carbocycles. The molecule has 1 unspecified atom stereocenters. The second kappa shape index (κ2) is 11.0. The first-order valence-electron chi connectivity index (χ1n) is 12.1. The third-order valence-electron chi connectivity index (χ3n) is 5.62. The zero-order valence-electron chi connectivity index (χ0n) is 20.7. The summed E-state index contributed by atoms with van der Waals surface area (Å²) in [5, 5.41) is 10.4. The van der Waals surface area contributed by atoms with Gasteiger partial charge in [-0.3, -0.25) is 0 Å². The number of hydrogen-bond donors (Lipinski definition) is 3. The molecule has 0 spiro atoms. The van der Waals surface area contributed by atoms with E-state index in [0.717, 1.165) is 32.2 Å². The van der Waals surface area contributed by atoms with E-state index in [-0.39, 0.29) is 24.1 Å². The van der Waals surface area contributed by atoms with Crippen LogP contribution in [0.2, 0.25) is 0 Å². The number of carbonyl (C=O) groups is 1. The van der Waals surface area contributed by atoms with E-state index in [4.69, 9.17) is 9.47 Å². The molecule has 1 aliphatic rings. The minimum atomic E-state index is -0.476. The molecule has 1 aromatic carbocycles. The summed E-state index contributed by atoms with van der Waals surface area (Å²) in [6.07, 6.45) is 5.21. The Balaban J connectivity index is 1.62. The van der Waals surface area contributed by atoms with Crippen molar-refractivity contribution < 1.29 is 18.7 Å². The fraction of sp³-hybridized carbons (Fsp3) is 0.542. The van der Waals surface area contributed by atoms with Gasteiger partial charge in [-0.05, 0) is 53.6 Å². The Morgan fingerprint density at radius 1 is 1.37 bits per heavy atom. The fourth-order valence-corrected chi connectivity index (χ4v) is 3.96. The zero-order chi connectivity index (χ0) is 24.9. The highest BCUT2D eigenvalue weighted by Gasteiger charge is 2.23. The van der Waals surface area contributed by atoms with Crippen molar-refractivity contribution >= 4 is 22.8 Å². The number of rotatable bonds is 9. The molecule has 1 fully saturated rings. The number of nitrogens with zero attached hydrogens (tertiary/aromatic N) is 4. The lowest BCUT2D eigenvalue weighted by atomic mass is 10.2. The number of anilines is 1. The average Bonchev–Trinajstić information content (AvgIpc) is 3.40. The first-order chi connectivity index (χ1) is 16.8. The number of hydrogen-bond acceptors (Lipinski definition) is 6. The van der Waals surface area contributed by atoms with E-state index in [1.807, 2.05) is 27.9 Å². The summed E-state index contributed by atoms with van der Waals surface area (Å²) in [7, 11) is 3.96. The first kappa shape index (κ1) is 24.9. The average molecular weight is 488 g/mol. The van der Waals surface area contributed by atoms with Gasteiger partial charge in [0.05, 0.1) is 29.5 Å². The van der Waals surface area contributed by atoms with Crippen LogP contribution >= 0.6 is 0 Å². The van der Waals surface area contributed by atoms with Crippen LogP contribution in [0.15, 0.2) is 18.3 Å². The van der Waals surface area contributed by atoms with Crippen molar-refractivity contribution in [2.24, 2.45) is 0 Å². The maximum atomic E-state index is 14.6. The predicted molar refractivity (Wildman–Crippen MR) is 132 cm³/mol. The Bertz CT molecular complexity index is 1150. The molecular formula is C24H34FN7O3. The molecular weight excluding hydrogens is 453 g/mol. The topological polar surface area (TPSA) is 109 Å². The predicted octanol–water partition coefficient (Wildman–Crippen LogP) is 4.13. The summed E-state index contributed by atoms with van der Waals surface area (Å²) in [5.74, 6) is 0.108. The number of urea groups is 1. The number of aromatic nitrogens is 4. The maximum Gasteiger partial charge on any atom is 0.319 e. The Morgan fingerprint density at radius 2 is 2.20 bits per heavy atom. The molecule has 11 heteroatoms. The highest BCUT2D eigenvalue weighted by Crippen LogP contribution is 2.32. The number of H-pyrrole nitrogens is 1. The SMILES string of the molecule is CC(C)NC(=O)Nc1cn(C2CCCCO2)nc1-c1nc2cc(F)c(OCCCN(C)C)cc2[nH]1. The molecule has 3 N–H and O–H groups in total. The molecule has 190 valence electrons. The standard InChI is InChI=1S/C24H34FN7O3/c1-15(2)26-24(33)29-19-14-32(21-8-5-6-10-35-21)30-22(19)23-27-17-12-16(25)20(13-18(17)28-23)34-11-7-9-31(3)4/h12-15,21H,5-11H2,1-4H3,(H,27,28)(H2,26,29,33). The van der Waals surface area contributed by atoms with Crippen LogP contribution in [0.5, 0.6) is 5.75 Å². The van der Waals surface area contributed by atoms with Gasteiger partial charge in [-0.25, -0.2) is 18.9 Å². The summed E-state index contributed by atoms with van der Waals surface area (Å²) in [6.45, 7) is 5.69. The van der Waals surface area contributed by atoms with Gasteiger partial charge in [-0.15, -0.1) is 0 Å². The first-order valence-corrected chi connectivity index (χ1v) is 12.1. The second-order valence-electron chi connectivity index (χ2n) is 9.34. The maximum absolute atomic E-state index is 14.6. The van der Waals surface area contributed by atoms with Gasteiger partial charge in [0.2, 0.25) is 0 Å². The Labute approximate surface area is 204 Å². The molecule has 1 atom stereocenters. The highest BCUT2D eigenvalue weighted by molar-refractivity contribution is 5.93. The summed E-state index contributed by atoms with van der Waals surface area (Å²) >= 11 is 0. The molecule has 3 aromatic rings. The van der Waals surface area contributed by atoms with E-state index >= 15 is 0 Å². The van der Waals surface area contributed by atoms with Crippen molar-refractivity contribution in [2.75, 3.05) is 39.2 Å². The van der Waals surface area contributed by atoms with Crippen LogP contribution in [-0.4, -0.2) is 70.6 Å². The molecule has 1 saturated heterocycles. The lowest BCUT2D eigenvalue weighted by Crippen LogP contribution is -2.34. The van der Waals surface area contributed by atoms with Gasteiger partial charge in [0.1, 0.15) is 6.23 Å². The van der Waals surface area contributed by atoms with E-state index in [1.54, 1.807) is 16.9 Å². The lowest BCUT2D eigenvalue weighted by Gasteiger charge is -2.22. The summed E-state index contributed by atoms with van der Waals surface area (Å²) in [4.78, 5) is 22.2. The van der Waals surface area contributed by atoms with E-state index in [1.165, 1.54) is 6.07 Å². The number of carbonyl (C=O) groups excluding carboxylic acids is 1. The quantitative estimate of drug-likeness (QED) is 0.392. The molecule has 1 aliphatic heterocycles. The van der Waals surface area contributed by atoms with Gasteiger partial charge in [0.25, 0.3) is 0 Å². The normalized spacial score (nSPS) is 16.3. The van der Waals surface area contributed by atoms with Crippen molar-refractivity contribution in [3.63, 3.8) is 0 Å². The van der Waals surface area contributed by atoms with E-state index < -0.39 is 5.82 Å². The Morgan fingerprint density at radius 3 is 2.91 bits per heavy atom. The van der Waals surface area contributed by atoms with Crippen LogP contribution in [-0.2, 0) is 4.74 Å². The van der Waals surface area contributed by atoms with E-state index in [9.17, 15) is 9.18 Å². The van der Waals surface area contributed by atoms with Crippen LogP contribution in [0, 0.1) is 5.82 Å². The van der Waals surface area contributed by atoms with Gasteiger partial charge in [-0.1, -0.05) is 0 Å². The third kappa shape index (κ3) is 6.29. The third-order valence-corrected chi connectivity index (χ3v) is 5.62. The number of halogens is 1. The van der Waals surface area contributed by atoms with E-state index in [2.05, 4.69) is 30.6 Å². The number of benzene rings is 1. The number of amides is 2. The summed E-state index contributed by atoms with van der Waals surface area (Å²) < 4.78 is 27.9. The number of fused-ring (bicyclic) bond motifs is 1. The molecule has 2 aromatic heterocycles. The molecule has 35 heavy (non-hydrogen) atoms. The van der Waals surface area contributed by atoms with Crippen LogP contribution in [0.4, 0.5) is 14.9 Å². The fourth-order valence-electron chi connectivity index (χ4n) is 3.96. The minimum Gasteiger partial charge on any atom is -0.490 e. The van der Waals surface area contributed by atoms with Gasteiger partial charge < -0.3 is 30.0 Å². The van der Waals surface area contributed by atoms with Crippen molar-refractivity contribution in [3.05, 3.63) is 24.1 Å². The monoisotopic (exact) mass is 487 g/mol. The number of ether oxygens (including phenoxy) is 2. The molecule has 2 amide bonds. The molecule has 10 nitrogen and oxygen atoms in total. The molecule has 4 rings (SSSR count). The zero-order valence-corrected chi connectivity index (χ0v) is 20.7. The molecule has 0 bridgehead atoms.